The Labute approximate surface area is 116 Å². The molecule has 1 aliphatic heterocycles. The highest BCUT2D eigenvalue weighted by Crippen LogP contribution is 2.29. The Morgan fingerprint density at radius 2 is 2.11 bits per heavy atom. The number of benzene rings is 1. The SMILES string of the molecule is CC(C)(O)C1CCCN1C(=O)c1ccccc1Br. The highest BCUT2D eigenvalue weighted by molar-refractivity contribution is 9.10. The van der Waals surface area contributed by atoms with Crippen LogP contribution >= 0.6 is 15.9 Å². The third-order valence-electron chi connectivity index (χ3n) is 3.43. The largest absolute Gasteiger partial charge is 0.388 e. The molecule has 1 heterocycles. The van der Waals surface area contributed by atoms with Gasteiger partial charge in [-0.25, -0.2) is 0 Å². The minimum absolute atomic E-state index is 0.00731. The highest BCUT2D eigenvalue weighted by Gasteiger charge is 2.38. The lowest BCUT2D eigenvalue weighted by molar-refractivity contribution is 0.000300. The average Bonchev–Trinajstić information content (AvgIpc) is 2.77. The molecule has 1 saturated heterocycles. The number of carbonyl (C=O) groups excluding carboxylic acids is 1. The van der Waals surface area contributed by atoms with Crippen molar-refractivity contribution in [3.63, 3.8) is 0 Å². The molecule has 0 aromatic heterocycles. The smallest absolute Gasteiger partial charge is 0.255 e. The normalized spacial score (nSPS) is 20.2. The lowest BCUT2D eigenvalue weighted by atomic mass is 9.96. The Hall–Kier alpha value is -0.870. The van der Waals surface area contributed by atoms with E-state index in [0.717, 1.165) is 23.9 Å². The number of carbonyl (C=O) groups is 1. The van der Waals surface area contributed by atoms with E-state index in [0.29, 0.717) is 5.56 Å². The number of hydrogen-bond acceptors (Lipinski definition) is 2. The van der Waals surface area contributed by atoms with Gasteiger partial charge in [-0.2, -0.15) is 0 Å². The van der Waals surface area contributed by atoms with Gasteiger partial charge in [-0.05, 0) is 54.8 Å². The zero-order valence-corrected chi connectivity index (χ0v) is 12.3. The van der Waals surface area contributed by atoms with Crippen LogP contribution in [0.15, 0.2) is 28.7 Å². The van der Waals surface area contributed by atoms with Gasteiger partial charge in [-0.1, -0.05) is 12.1 Å². The zero-order valence-electron chi connectivity index (χ0n) is 10.7. The van der Waals surface area contributed by atoms with E-state index in [-0.39, 0.29) is 11.9 Å². The molecule has 18 heavy (non-hydrogen) atoms. The van der Waals surface area contributed by atoms with Crippen molar-refractivity contribution in [2.24, 2.45) is 0 Å². The summed E-state index contributed by atoms with van der Waals surface area (Å²) in [5.41, 5.74) is -0.193. The number of aliphatic hydroxyl groups is 1. The van der Waals surface area contributed by atoms with Crippen molar-refractivity contribution in [3.05, 3.63) is 34.3 Å². The molecule has 1 amide bonds. The second kappa shape index (κ2) is 5.02. The summed E-state index contributed by atoms with van der Waals surface area (Å²) >= 11 is 3.40. The molecule has 2 rings (SSSR count). The summed E-state index contributed by atoms with van der Waals surface area (Å²) in [5.74, 6) is -0.00731. The van der Waals surface area contributed by atoms with Crippen molar-refractivity contribution in [2.75, 3.05) is 6.54 Å². The van der Waals surface area contributed by atoms with Gasteiger partial charge < -0.3 is 10.0 Å². The van der Waals surface area contributed by atoms with Gasteiger partial charge in [-0.3, -0.25) is 4.79 Å². The Morgan fingerprint density at radius 3 is 2.72 bits per heavy atom. The number of hydrogen-bond donors (Lipinski definition) is 1. The molecule has 1 unspecified atom stereocenters. The Bertz CT molecular complexity index is 453. The molecule has 0 aliphatic carbocycles. The lowest BCUT2D eigenvalue weighted by Crippen LogP contribution is -2.48. The van der Waals surface area contributed by atoms with Crippen LogP contribution in [0.4, 0.5) is 0 Å². The van der Waals surface area contributed by atoms with E-state index in [1.807, 2.05) is 24.3 Å². The zero-order chi connectivity index (χ0) is 13.3. The first-order chi connectivity index (χ1) is 8.41. The summed E-state index contributed by atoms with van der Waals surface area (Å²) in [6.07, 6.45) is 1.81. The third kappa shape index (κ3) is 2.59. The first kappa shape index (κ1) is 13.6. The Kier molecular flexibility index (Phi) is 3.78. The van der Waals surface area contributed by atoms with Gasteiger partial charge in [0.25, 0.3) is 5.91 Å². The molecule has 1 aromatic carbocycles. The van der Waals surface area contributed by atoms with Crippen LogP contribution < -0.4 is 0 Å². The van der Waals surface area contributed by atoms with Gasteiger partial charge in [0, 0.05) is 11.0 Å². The van der Waals surface area contributed by atoms with E-state index in [1.165, 1.54) is 0 Å². The van der Waals surface area contributed by atoms with Crippen molar-refractivity contribution in [3.8, 4) is 0 Å². The summed E-state index contributed by atoms with van der Waals surface area (Å²) in [6, 6.07) is 7.32. The molecule has 0 bridgehead atoms. The van der Waals surface area contributed by atoms with Crippen molar-refractivity contribution in [1.82, 2.24) is 4.90 Å². The van der Waals surface area contributed by atoms with Crippen molar-refractivity contribution in [1.29, 1.82) is 0 Å². The fourth-order valence-corrected chi connectivity index (χ4v) is 2.99. The van der Waals surface area contributed by atoms with Gasteiger partial charge in [0.2, 0.25) is 0 Å². The molecule has 1 N–H and O–H groups in total. The molecule has 4 heteroatoms. The van der Waals surface area contributed by atoms with Crippen LogP contribution in [0.2, 0.25) is 0 Å². The molecule has 1 aromatic rings. The Morgan fingerprint density at radius 1 is 1.44 bits per heavy atom. The number of nitrogens with zero attached hydrogens (tertiary/aromatic N) is 1. The quantitative estimate of drug-likeness (QED) is 0.912. The van der Waals surface area contributed by atoms with E-state index in [9.17, 15) is 9.90 Å². The summed E-state index contributed by atoms with van der Waals surface area (Å²) in [6.45, 7) is 4.25. The van der Waals surface area contributed by atoms with E-state index >= 15 is 0 Å². The summed E-state index contributed by atoms with van der Waals surface area (Å²) in [7, 11) is 0. The van der Waals surface area contributed by atoms with Crippen LogP contribution in [0.25, 0.3) is 0 Å². The topological polar surface area (TPSA) is 40.5 Å². The summed E-state index contributed by atoms with van der Waals surface area (Å²) in [5, 5.41) is 10.1. The second-order valence-corrected chi connectivity index (χ2v) is 6.14. The van der Waals surface area contributed by atoms with Crippen LogP contribution in [0.3, 0.4) is 0 Å². The van der Waals surface area contributed by atoms with Crippen molar-refractivity contribution in [2.45, 2.75) is 38.3 Å². The number of likely N-dealkylation sites (tertiary alicyclic amines) is 1. The van der Waals surface area contributed by atoms with Gasteiger partial charge >= 0.3 is 0 Å². The predicted molar refractivity (Wildman–Crippen MR) is 74.5 cm³/mol. The molecular formula is C14H18BrNO2. The molecule has 0 radical (unpaired) electrons. The number of halogens is 1. The molecule has 1 aliphatic rings. The van der Waals surface area contributed by atoms with Gasteiger partial charge in [0.15, 0.2) is 0 Å². The molecular weight excluding hydrogens is 294 g/mol. The van der Waals surface area contributed by atoms with Crippen LogP contribution in [0.5, 0.6) is 0 Å². The fraction of sp³-hybridized carbons (Fsp3) is 0.500. The molecule has 3 nitrogen and oxygen atoms in total. The first-order valence-electron chi connectivity index (χ1n) is 6.19. The standard InChI is InChI=1S/C14H18BrNO2/c1-14(2,18)12-8-5-9-16(12)13(17)10-6-3-4-7-11(10)15/h3-4,6-7,12,18H,5,8-9H2,1-2H3. The van der Waals surface area contributed by atoms with Gasteiger partial charge in [0.1, 0.15) is 0 Å². The average molecular weight is 312 g/mol. The molecule has 0 saturated carbocycles. The monoisotopic (exact) mass is 311 g/mol. The molecule has 98 valence electrons. The van der Waals surface area contributed by atoms with Crippen molar-refractivity contribution >= 4 is 21.8 Å². The molecule has 1 atom stereocenters. The van der Waals surface area contributed by atoms with E-state index < -0.39 is 5.60 Å². The fourth-order valence-electron chi connectivity index (χ4n) is 2.53. The van der Waals surface area contributed by atoms with Crippen LogP contribution in [0, 0.1) is 0 Å². The van der Waals surface area contributed by atoms with E-state index in [2.05, 4.69) is 15.9 Å². The van der Waals surface area contributed by atoms with Crippen LogP contribution in [-0.4, -0.2) is 34.1 Å². The summed E-state index contributed by atoms with van der Waals surface area (Å²) < 4.78 is 0.802. The number of rotatable bonds is 2. The van der Waals surface area contributed by atoms with Crippen LogP contribution in [0.1, 0.15) is 37.0 Å². The summed E-state index contributed by atoms with van der Waals surface area (Å²) in [4.78, 5) is 14.3. The Balaban J connectivity index is 2.27. The third-order valence-corrected chi connectivity index (χ3v) is 4.12. The first-order valence-corrected chi connectivity index (χ1v) is 6.98. The highest BCUT2D eigenvalue weighted by atomic mass is 79.9. The maximum atomic E-state index is 12.5. The molecule has 1 fully saturated rings. The minimum Gasteiger partial charge on any atom is -0.388 e. The van der Waals surface area contributed by atoms with Gasteiger partial charge in [0.05, 0.1) is 17.2 Å². The molecule has 0 spiro atoms. The second-order valence-electron chi connectivity index (χ2n) is 5.29. The maximum absolute atomic E-state index is 12.5. The number of amides is 1. The van der Waals surface area contributed by atoms with Gasteiger partial charge in [-0.15, -0.1) is 0 Å². The van der Waals surface area contributed by atoms with Crippen molar-refractivity contribution < 1.29 is 9.90 Å². The van der Waals surface area contributed by atoms with E-state index in [4.69, 9.17) is 0 Å². The minimum atomic E-state index is -0.854. The lowest BCUT2D eigenvalue weighted by Gasteiger charge is -2.34. The maximum Gasteiger partial charge on any atom is 0.255 e. The van der Waals surface area contributed by atoms with Crippen LogP contribution in [-0.2, 0) is 0 Å². The predicted octanol–water partition coefficient (Wildman–Crippen LogP) is 2.82. The van der Waals surface area contributed by atoms with E-state index in [1.54, 1.807) is 18.7 Å².